The quantitative estimate of drug-likeness (QED) is 0.473. The number of carbonyl (C=O) groups is 3. The van der Waals surface area contributed by atoms with Crippen molar-refractivity contribution in [2.45, 2.75) is 51.7 Å². The number of nitrogens with one attached hydrogen (secondary N) is 1. The van der Waals surface area contributed by atoms with Crippen LogP contribution in [-0.4, -0.2) is 66.4 Å². The lowest BCUT2D eigenvalue weighted by Crippen LogP contribution is -2.43. The zero-order valence-corrected chi connectivity index (χ0v) is 20.5. The Kier molecular flexibility index (Phi) is 9.25. The van der Waals surface area contributed by atoms with Gasteiger partial charge in [0.25, 0.3) is 0 Å². The van der Waals surface area contributed by atoms with Crippen LogP contribution in [0.4, 0.5) is 4.79 Å². The first-order chi connectivity index (χ1) is 16.8. The molecule has 3 rings (SSSR count). The van der Waals surface area contributed by atoms with E-state index in [1.165, 1.54) is 4.90 Å². The van der Waals surface area contributed by atoms with Gasteiger partial charge < -0.3 is 24.8 Å². The molecule has 0 aliphatic heterocycles. The highest BCUT2D eigenvalue weighted by Crippen LogP contribution is 2.44. The molecule has 2 aromatic carbocycles. The molecule has 8 nitrogen and oxygen atoms in total. The van der Waals surface area contributed by atoms with Gasteiger partial charge in [-0.1, -0.05) is 48.5 Å². The maximum atomic E-state index is 12.8. The molecule has 2 N–H and O–H groups in total. The molecule has 2 amide bonds. The Balaban J connectivity index is 1.54. The highest BCUT2D eigenvalue weighted by Gasteiger charge is 2.29. The van der Waals surface area contributed by atoms with Crippen molar-refractivity contribution in [3.63, 3.8) is 0 Å². The Morgan fingerprint density at radius 2 is 1.63 bits per heavy atom. The van der Waals surface area contributed by atoms with E-state index in [1.807, 2.05) is 45.0 Å². The summed E-state index contributed by atoms with van der Waals surface area (Å²) in [5, 5.41) is 11.7. The summed E-state index contributed by atoms with van der Waals surface area (Å²) in [7, 11) is 0. The van der Waals surface area contributed by atoms with E-state index >= 15 is 0 Å². The fourth-order valence-corrected chi connectivity index (χ4v) is 4.47. The molecule has 2 aromatic rings. The summed E-state index contributed by atoms with van der Waals surface area (Å²) in [5.74, 6) is -1.21. The highest BCUT2D eigenvalue weighted by molar-refractivity contribution is 5.79. The summed E-state index contributed by atoms with van der Waals surface area (Å²) in [5.41, 5.74) is 4.58. The molecule has 1 aliphatic rings. The minimum Gasteiger partial charge on any atom is -0.481 e. The predicted octanol–water partition coefficient (Wildman–Crippen LogP) is 4.03. The average Bonchev–Trinajstić information content (AvgIpc) is 3.15. The predicted molar refractivity (Wildman–Crippen MR) is 132 cm³/mol. The van der Waals surface area contributed by atoms with Crippen molar-refractivity contribution in [2.75, 3.05) is 26.3 Å². The van der Waals surface area contributed by atoms with Crippen molar-refractivity contribution in [2.24, 2.45) is 0 Å². The lowest BCUT2D eigenvalue weighted by atomic mass is 9.98. The van der Waals surface area contributed by atoms with Gasteiger partial charge in [-0.3, -0.25) is 9.59 Å². The number of carbonyl (C=O) groups excluding carboxylic acids is 2. The average molecular weight is 483 g/mol. The van der Waals surface area contributed by atoms with Crippen LogP contribution in [-0.2, 0) is 19.1 Å². The smallest absolute Gasteiger partial charge is 0.407 e. The molecule has 0 spiro atoms. The molecule has 1 atom stereocenters. The molecule has 0 radical (unpaired) electrons. The van der Waals surface area contributed by atoms with Gasteiger partial charge in [0.2, 0.25) is 5.91 Å². The number of aliphatic carboxylic acids is 1. The van der Waals surface area contributed by atoms with Crippen LogP contribution in [0.1, 0.15) is 50.7 Å². The monoisotopic (exact) mass is 482 g/mol. The third-order valence-corrected chi connectivity index (χ3v) is 6.13. The summed E-state index contributed by atoms with van der Waals surface area (Å²) < 4.78 is 11.2. The number of benzene rings is 2. The first-order valence-electron chi connectivity index (χ1n) is 12.0. The van der Waals surface area contributed by atoms with Crippen molar-refractivity contribution >= 4 is 18.0 Å². The number of rotatable bonds is 12. The number of alkyl carbamates (subject to hydrolysis) is 1. The van der Waals surface area contributed by atoms with Crippen LogP contribution in [0.25, 0.3) is 11.1 Å². The fraction of sp³-hybridized carbons (Fsp3) is 0.444. The van der Waals surface area contributed by atoms with Gasteiger partial charge in [-0.15, -0.1) is 0 Å². The number of ether oxygens (including phenoxy) is 2. The largest absolute Gasteiger partial charge is 0.481 e. The SMILES string of the molecule is CCOC(CNC(=O)OCC1c2ccccc2-c2ccccc21)CC(=O)N(CCC(=O)O)C(C)C. The van der Waals surface area contributed by atoms with Crippen molar-refractivity contribution in [3.05, 3.63) is 59.7 Å². The highest BCUT2D eigenvalue weighted by atomic mass is 16.5. The van der Waals surface area contributed by atoms with Crippen LogP contribution < -0.4 is 5.32 Å². The molecule has 0 saturated carbocycles. The summed E-state index contributed by atoms with van der Waals surface area (Å²) in [6.07, 6.45) is -1.20. The van der Waals surface area contributed by atoms with Crippen molar-refractivity contribution < 1.29 is 29.0 Å². The summed E-state index contributed by atoms with van der Waals surface area (Å²) >= 11 is 0. The Morgan fingerprint density at radius 1 is 1.03 bits per heavy atom. The van der Waals surface area contributed by atoms with Gasteiger partial charge in [0, 0.05) is 31.7 Å². The first-order valence-corrected chi connectivity index (χ1v) is 12.0. The van der Waals surface area contributed by atoms with E-state index in [0.29, 0.717) is 6.61 Å². The van der Waals surface area contributed by atoms with Crippen LogP contribution in [0, 0.1) is 0 Å². The number of hydrogen-bond acceptors (Lipinski definition) is 5. The second-order valence-electron chi connectivity index (χ2n) is 8.81. The second-order valence-corrected chi connectivity index (χ2v) is 8.81. The number of fused-ring (bicyclic) bond motifs is 3. The standard InChI is InChI=1S/C27H34N2O6/c1-4-34-19(15-25(30)29(18(2)3)14-13-26(31)32)16-28-27(33)35-17-24-22-11-7-5-9-20(22)21-10-6-8-12-23(21)24/h5-12,18-19,24H,4,13-17H2,1-3H3,(H,28,33)(H,31,32). The topological polar surface area (TPSA) is 105 Å². The number of carboxylic acid groups (broad SMARTS) is 1. The molecule has 8 heteroatoms. The number of nitrogens with zero attached hydrogens (tertiary/aromatic N) is 1. The minimum absolute atomic E-state index is 0.0359. The zero-order chi connectivity index (χ0) is 25.4. The van der Waals surface area contributed by atoms with Crippen LogP contribution in [0.3, 0.4) is 0 Å². The van der Waals surface area contributed by atoms with E-state index in [2.05, 4.69) is 29.6 Å². The Morgan fingerprint density at radius 3 is 2.17 bits per heavy atom. The molecule has 0 saturated heterocycles. The third-order valence-electron chi connectivity index (χ3n) is 6.13. The maximum Gasteiger partial charge on any atom is 0.407 e. The van der Waals surface area contributed by atoms with Gasteiger partial charge in [0.1, 0.15) is 6.61 Å². The summed E-state index contributed by atoms with van der Waals surface area (Å²) in [6, 6.07) is 16.1. The van der Waals surface area contributed by atoms with Gasteiger partial charge in [-0.2, -0.15) is 0 Å². The number of hydrogen-bond donors (Lipinski definition) is 2. The Labute approximate surface area is 206 Å². The zero-order valence-electron chi connectivity index (χ0n) is 20.5. The fourth-order valence-electron chi connectivity index (χ4n) is 4.47. The molecule has 1 unspecified atom stereocenters. The molecule has 0 bridgehead atoms. The molecule has 188 valence electrons. The first kappa shape index (κ1) is 26.2. The van der Waals surface area contributed by atoms with E-state index in [9.17, 15) is 14.4 Å². The maximum absolute atomic E-state index is 12.8. The van der Waals surface area contributed by atoms with E-state index < -0.39 is 18.2 Å². The van der Waals surface area contributed by atoms with Crippen LogP contribution in [0.15, 0.2) is 48.5 Å². The van der Waals surface area contributed by atoms with Gasteiger partial charge in [-0.25, -0.2) is 4.79 Å². The van der Waals surface area contributed by atoms with Gasteiger partial charge in [-0.05, 0) is 43.0 Å². The lowest BCUT2D eigenvalue weighted by molar-refractivity contribution is -0.140. The molecular formula is C27H34N2O6. The molecule has 35 heavy (non-hydrogen) atoms. The van der Waals surface area contributed by atoms with Crippen molar-refractivity contribution in [1.29, 1.82) is 0 Å². The van der Waals surface area contributed by atoms with E-state index in [0.717, 1.165) is 22.3 Å². The van der Waals surface area contributed by atoms with E-state index in [-0.39, 0.29) is 50.4 Å². The second kappa shape index (κ2) is 12.4. The van der Waals surface area contributed by atoms with Crippen molar-refractivity contribution in [3.8, 4) is 11.1 Å². The number of amides is 2. The van der Waals surface area contributed by atoms with Crippen molar-refractivity contribution in [1.82, 2.24) is 10.2 Å². The molecular weight excluding hydrogens is 448 g/mol. The minimum atomic E-state index is -0.957. The van der Waals surface area contributed by atoms with Crippen LogP contribution in [0.5, 0.6) is 0 Å². The Bertz CT molecular complexity index is 992. The molecule has 0 aromatic heterocycles. The molecule has 0 heterocycles. The van der Waals surface area contributed by atoms with Gasteiger partial charge >= 0.3 is 12.1 Å². The van der Waals surface area contributed by atoms with Crippen LogP contribution in [0.2, 0.25) is 0 Å². The molecule has 1 aliphatic carbocycles. The third kappa shape index (κ3) is 6.82. The van der Waals surface area contributed by atoms with Gasteiger partial charge in [0.15, 0.2) is 0 Å². The normalized spacial score (nSPS) is 13.1. The lowest BCUT2D eigenvalue weighted by Gasteiger charge is -2.28. The van der Waals surface area contributed by atoms with E-state index in [4.69, 9.17) is 14.6 Å². The van der Waals surface area contributed by atoms with E-state index in [1.54, 1.807) is 0 Å². The summed E-state index contributed by atoms with van der Waals surface area (Å²) in [6.45, 7) is 6.31. The molecule has 0 fully saturated rings. The summed E-state index contributed by atoms with van der Waals surface area (Å²) in [4.78, 5) is 37.7. The number of carboxylic acids is 1. The Hall–Kier alpha value is -3.39. The van der Waals surface area contributed by atoms with Crippen LogP contribution >= 0.6 is 0 Å². The van der Waals surface area contributed by atoms with Gasteiger partial charge in [0.05, 0.1) is 18.9 Å².